The van der Waals surface area contributed by atoms with Crippen molar-refractivity contribution in [2.24, 2.45) is 10.7 Å². The molecule has 0 spiro atoms. The first kappa shape index (κ1) is 28.1. The van der Waals surface area contributed by atoms with E-state index in [9.17, 15) is 9.46 Å². The van der Waals surface area contributed by atoms with Crippen molar-refractivity contribution in [1.29, 1.82) is 0 Å². The normalized spacial score (nSPS) is 33.6. The van der Waals surface area contributed by atoms with Gasteiger partial charge in [-0.3, -0.25) is 18.6 Å². The molecule has 6 heterocycles. The third-order valence-corrected chi connectivity index (χ3v) is 9.71. The highest BCUT2D eigenvalue weighted by molar-refractivity contribution is 8.44. The number of nitrogens with two attached hydrogens (primary N) is 1. The van der Waals surface area contributed by atoms with Crippen molar-refractivity contribution >= 4 is 65.8 Å². The number of ether oxygens (including phenoxy) is 1. The lowest BCUT2D eigenvalue weighted by atomic mass is 10.1. The van der Waals surface area contributed by atoms with Gasteiger partial charge in [-0.25, -0.2) is 23.9 Å². The van der Waals surface area contributed by atoms with Crippen LogP contribution in [0.1, 0.15) is 24.2 Å². The largest absolute Gasteiger partial charge is 0.387 e. The molecule has 40 heavy (non-hydrogen) atoms. The molecule has 3 aromatic heterocycles. The quantitative estimate of drug-likeness (QED) is 0.265. The van der Waals surface area contributed by atoms with Crippen LogP contribution in [-0.2, 0) is 52.4 Å². The minimum atomic E-state index is -4.22. The highest BCUT2D eigenvalue weighted by Crippen LogP contribution is 2.58. The molecule has 3 aromatic rings. The Morgan fingerprint density at radius 3 is 2.98 bits per heavy atom. The molecule has 1 saturated heterocycles. The standard InChI is InChI=1S/C21H24FN7O7P2S2/c1-11-6-15(23)27-20-18(11)25-10-29(20)21-19-17(22)14(35-21)8-33-37(30,39)32-5-4-28-13-2-3-24-7-12(13)26-16(28)9-34-38(31,40)36-19/h2-3,7,10,14,17,19,21H,1,4-6,8-9H2,(H2,23,27)(H,30,39)(H,31,40)/t14-,17-,19-,21-,37?,38?/m1/s1. The van der Waals surface area contributed by atoms with Crippen LogP contribution in [0.4, 0.5) is 10.2 Å². The maximum absolute atomic E-state index is 15.9. The number of nitrogens with zero attached hydrogens (tertiary/aromatic N) is 6. The van der Waals surface area contributed by atoms with E-state index in [4.69, 9.17) is 40.4 Å². The van der Waals surface area contributed by atoms with Crippen LogP contribution >= 0.6 is 25.8 Å². The third kappa shape index (κ3) is 5.43. The summed E-state index contributed by atoms with van der Waals surface area (Å²) in [6, 6.07) is 1.73. The minimum Gasteiger partial charge on any atom is -0.387 e. The first-order chi connectivity index (χ1) is 19.0. The van der Waals surface area contributed by atoms with Crippen LogP contribution in [0, 0.1) is 0 Å². The Morgan fingerprint density at radius 2 is 2.15 bits per heavy atom. The van der Waals surface area contributed by atoms with E-state index >= 15 is 4.39 Å². The molecule has 0 saturated carbocycles. The van der Waals surface area contributed by atoms with E-state index in [-0.39, 0.29) is 31.4 Å². The monoisotopic (exact) mass is 631 g/mol. The third-order valence-electron chi connectivity index (χ3n) is 6.50. The summed E-state index contributed by atoms with van der Waals surface area (Å²) < 4.78 is 60.5. The Bertz CT molecular complexity index is 1620. The number of aliphatic imine (C=N–C) groups is 1. The van der Waals surface area contributed by atoms with Gasteiger partial charge in [-0.1, -0.05) is 18.8 Å². The maximum Gasteiger partial charge on any atom is 0.387 e. The zero-order valence-corrected chi connectivity index (χ0v) is 24.1. The molecule has 3 N–H and O–H groups in total. The van der Waals surface area contributed by atoms with Gasteiger partial charge < -0.3 is 29.0 Å². The molecule has 6 atom stereocenters. The first-order valence-electron chi connectivity index (χ1n) is 12.0. The van der Waals surface area contributed by atoms with E-state index in [2.05, 4.69) is 38.8 Å². The molecular weight excluding hydrogens is 607 g/mol. The number of thiol groups is 1. The second-order valence-corrected chi connectivity index (χ2v) is 14.9. The van der Waals surface area contributed by atoms with Gasteiger partial charge in [-0.05, 0) is 23.4 Å². The van der Waals surface area contributed by atoms with Crippen LogP contribution in [0.5, 0.6) is 0 Å². The molecule has 14 nitrogen and oxygen atoms in total. The average Bonchev–Trinajstić information content (AvgIpc) is 3.55. The number of imidazole rings is 2. The van der Waals surface area contributed by atoms with Crippen molar-refractivity contribution in [2.45, 2.75) is 44.2 Å². The topological polar surface area (TPSA) is 170 Å². The van der Waals surface area contributed by atoms with Gasteiger partial charge in [0.15, 0.2) is 18.2 Å². The van der Waals surface area contributed by atoms with Crippen molar-refractivity contribution in [2.75, 3.05) is 13.2 Å². The van der Waals surface area contributed by atoms with Crippen LogP contribution in [-0.4, -0.2) is 66.4 Å². The lowest BCUT2D eigenvalue weighted by molar-refractivity contribution is -0.0463. The predicted octanol–water partition coefficient (Wildman–Crippen LogP) is 3.17. The van der Waals surface area contributed by atoms with Gasteiger partial charge in [0, 0.05) is 19.2 Å². The lowest BCUT2D eigenvalue weighted by Gasteiger charge is -2.25. The van der Waals surface area contributed by atoms with Crippen LogP contribution in [0.25, 0.3) is 16.6 Å². The van der Waals surface area contributed by atoms with Crippen molar-refractivity contribution < 1.29 is 36.7 Å². The Kier molecular flexibility index (Phi) is 7.49. The number of aromatic nitrogens is 5. The second-order valence-electron chi connectivity index (χ2n) is 9.17. The smallest absolute Gasteiger partial charge is 0.387 e. The van der Waals surface area contributed by atoms with Crippen molar-refractivity contribution in [3.63, 3.8) is 0 Å². The molecule has 19 heteroatoms. The average molecular weight is 632 g/mol. The Hall–Kier alpha value is -2.04. The van der Waals surface area contributed by atoms with Crippen molar-refractivity contribution in [3.05, 3.63) is 42.9 Å². The molecule has 0 amide bonds. The van der Waals surface area contributed by atoms with Crippen molar-refractivity contribution in [3.8, 4) is 0 Å². The molecule has 6 rings (SSSR count). The zero-order valence-electron chi connectivity index (χ0n) is 20.6. The van der Waals surface area contributed by atoms with E-state index in [1.165, 1.54) is 10.9 Å². The Morgan fingerprint density at radius 1 is 1.32 bits per heavy atom. The molecule has 1 fully saturated rings. The minimum absolute atomic E-state index is 0.0656. The molecule has 0 radical (unpaired) electrons. The van der Waals surface area contributed by atoms with Crippen LogP contribution in [0.15, 0.2) is 36.4 Å². The number of halogens is 1. The van der Waals surface area contributed by atoms with Gasteiger partial charge in [0.05, 0.1) is 31.3 Å². The fourth-order valence-corrected chi connectivity index (χ4v) is 7.21. The summed E-state index contributed by atoms with van der Waals surface area (Å²) >= 11 is 9.24. The molecule has 3 aliphatic rings. The van der Waals surface area contributed by atoms with E-state index in [0.717, 1.165) is 0 Å². The molecule has 2 unspecified atom stereocenters. The summed E-state index contributed by atoms with van der Waals surface area (Å²) in [7, 11) is 0. The molecule has 0 aliphatic carbocycles. The molecular formula is C21H24FN7O7P2S2. The zero-order chi connectivity index (χ0) is 28.2. The van der Waals surface area contributed by atoms with Gasteiger partial charge in [0.1, 0.15) is 41.7 Å². The summed E-state index contributed by atoms with van der Waals surface area (Å²) in [5.41, 5.74) is 8.24. The van der Waals surface area contributed by atoms with Gasteiger partial charge in [0.25, 0.3) is 0 Å². The van der Waals surface area contributed by atoms with E-state index < -0.39 is 44.7 Å². The fraction of sp³-hybridized carbons (Fsp3) is 0.429. The van der Waals surface area contributed by atoms with E-state index in [1.807, 2.05) is 0 Å². The van der Waals surface area contributed by atoms with Crippen LogP contribution < -0.4 is 5.73 Å². The molecule has 2 bridgehead atoms. The van der Waals surface area contributed by atoms with Gasteiger partial charge in [-0.2, -0.15) is 0 Å². The first-order valence-corrected chi connectivity index (χ1v) is 17.2. The second kappa shape index (κ2) is 10.7. The SMILES string of the molecule is C=C1CC(N)=Nc2c1ncn2[C@@H]1O[C@@H]2COP(O)(=S)OCCn3c(nc4cnccc43)COP(=O)(S)O[C@@H]1[C@@H]2F. The number of hydrogen-bond acceptors (Lipinski definition) is 12. The maximum atomic E-state index is 15.9. The van der Waals surface area contributed by atoms with Gasteiger partial charge in [-0.15, -0.1) is 0 Å². The highest BCUT2D eigenvalue weighted by Gasteiger charge is 2.51. The number of alkyl halides is 1. The number of hydrogen-bond donors (Lipinski definition) is 3. The van der Waals surface area contributed by atoms with Crippen LogP contribution in [0.2, 0.25) is 0 Å². The number of amidine groups is 1. The summed E-state index contributed by atoms with van der Waals surface area (Å²) in [5.74, 6) is 0.885. The van der Waals surface area contributed by atoms with Gasteiger partial charge >= 0.3 is 13.5 Å². The summed E-state index contributed by atoms with van der Waals surface area (Å²) in [6.45, 7) is -4.72. The highest BCUT2D eigenvalue weighted by atomic mass is 32.7. The Balaban J connectivity index is 1.36. The summed E-state index contributed by atoms with van der Waals surface area (Å²) in [5, 5.41) is 0. The Labute approximate surface area is 237 Å². The fourth-order valence-electron chi connectivity index (χ4n) is 4.71. The number of fused-ring (bicyclic) bond motifs is 6. The lowest BCUT2D eigenvalue weighted by Crippen LogP contribution is -2.32. The van der Waals surface area contributed by atoms with Gasteiger partial charge in [0.2, 0.25) is 0 Å². The van der Waals surface area contributed by atoms with Crippen molar-refractivity contribution in [1.82, 2.24) is 24.1 Å². The summed E-state index contributed by atoms with van der Waals surface area (Å²) in [4.78, 5) is 27.8. The number of rotatable bonds is 1. The van der Waals surface area contributed by atoms with E-state index in [1.54, 1.807) is 23.0 Å². The molecule has 0 aromatic carbocycles. The number of pyridine rings is 1. The van der Waals surface area contributed by atoms with Crippen LogP contribution in [0.3, 0.4) is 0 Å². The predicted molar refractivity (Wildman–Crippen MR) is 148 cm³/mol. The molecule has 3 aliphatic heterocycles. The molecule has 214 valence electrons. The van der Waals surface area contributed by atoms with E-state index in [0.29, 0.717) is 34.5 Å². The summed E-state index contributed by atoms with van der Waals surface area (Å²) in [6.07, 6.45) is -1.16.